The Kier molecular flexibility index (Phi) is 6.39. The zero-order valence-electron chi connectivity index (χ0n) is 19.4. The molecule has 5 rings (SSSR count). The first-order valence-electron chi connectivity index (χ1n) is 11.8. The lowest BCUT2D eigenvalue weighted by Crippen LogP contribution is -2.74. The summed E-state index contributed by atoms with van der Waals surface area (Å²) in [7, 11) is -1.67. The Bertz CT molecular complexity index is 1080. The van der Waals surface area contributed by atoms with Gasteiger partial charge in [0.15, 0.2) is 0 Å². The fourth-order valence-corrected chi connectivity index (χ4v) is 7.49. The van der Waals surface area contributed by atoms with Crippen molar-refractivity contribution in [2.24, 2.45) is 11.8 Å². The highest BCUT2D eigenvalue weighted by molar-refractivity contribution is 7.88. The number of methoxy groups -OCH3 is 1. The molecule has 1 N–H and O–H groups in total. The van der Waals surface area contributed by atoms with Gasteiger partial charge in [0, 0.05) is 43.9 Å². The van der Waals surface area contributed by atoms with Gasteiger partial charge in [-0.05, 0) is 43.4 Å². The number of sulfonamides is 1. The normalized spacial score (nSPS) is 34.8. The van der Waals surface area contributed by atoms with Crippen molar-refractivity contribution in [3.05, 3.63) is 29.3 Å². The molecular formula is C23H31ClN4O5S. The number of carbonyl (C=O) groups excluding carboxylic acids is 2. The van der Waals surface area contributed by atoms with Gasteiger partial charge < -0.3 is 15.0 Å². The summed E-state index contributed by atoms with van der Waals surface area (Å²) in [5.74, 6) is -0.614. The van der Waals surface area contributed by atoms with Crippen molar-refractivity contribution in [2.45, 2.75) is 49.9 Å². The molecule has 1 aromatic rings. The average Bonchev–Trinajstić information content (AvgIpc) is 3.29. The van der Waals surface area contributed by atoms with Crippen LogP contribution in [-0.4, -0.2) is 86.8 Å². The number of urea groups is 1. The number of nitrogens with one attached hydrogen (secondary N) is 1. The molecule has 4 fully saturated rings. The second-order valence-corrected chi connectivity index (χ2v) is 12.2. The number of hydrogen-bond acceptors (Lipinski definition) is 6. The molecular weight excluding hydrogens is 480 g/mol. The molecule has 186 valence electrons. The summed E-state index contributed by atoms with van der Waals surface area (Å²) in [5.41, 5.74) is 0.435. The molecule has 6 atom stereocenters. The van der Waals surface area contributed by atoms with Crippen LogP contribution in [-0.2, 0) is 19.6 Å². The van der Waals surface area contributed by atoms with Crippen molar-refractivity contribution in [1.29, 1.82) is 0 Å². The lowest BCUT2D eigenvalue weighted by Gasteiger charge is -2.56. The van der Waals surface area contributed by atoms with Crippen LogP contribution in [0.3, 0.4) is 0 Å². The maximum absolute atomic E-state index is 14.0. The Hall–Kier alpha value is -1.72. The Balaban J connectivity index is 1.55. The Morgan fingerprint density at radius 3 is 2.65 bits per heavy atom. The number of imide groups is 1. The van der Waals surface area contributed by atoms with Crippen molar-refractivity contribution in [3.8, 4) is 0 Å². The van der Waals surface area contributed by atoms with Gasteiger partial charge in [-0.3, -0.25) is 4.79 Å². The molecule has 4 aliphatic rings. The van der Waals surface area contributed by atoms with E-state index in [-0.39, 0.29) is 42.6 Å². The van der Waals surface area contributed by atoms with E-state index in [4.69, 9.17) is 16.3 Å². The summed E-state index contributed by atoms with van der Waals surface area (Å²) in [6, 6.07) is 5.80. The fourth-order valence-electron chi connectivity index (χ4n) is 6.43. The van der Waals surface area contributed by atoms with E-state index in [0.717, 1.165) is 19.3 Å². The van der Waals surface area contributed by atoms with Crippen LogP contribution >= 0.6 is 11.6 Å². The first-order chi connectivity index (χ1) is 16.2. The van der Waals surface area contributed by atoms with Crippen molar-refractivity contribution in [2.75, 3.05) is 37.9 Å². The molecule has 3 aliphatic heterocycles. The number of piperidine rings is 1. The Morgan fingerprint density at radius 2 is 1.97 bits per heavy atom. The highest BCUT2D eigenvalue weighted by Gasteiger charge is 2.57. The van der Waals surface area contributed by atoms with Gasteiger partial charge in [0.1, 0.15) is 0 Å². The van der Waals surface area contributed by atoms with Gasteiger partial charge in [-0.2, -0.15) is 0 Å². The highest BCUT2D eigenvalue weighted by atomic mass is 35.5. The molecule has 3 amide bonds. The first-order valence-corrected chi connectivity index (χ1v) is 14.1. The molecule has 3 heterocycles. The van der Waals surface area contributed by atoms with Crippen LogP contribution in [0.5, 0.6) is 0 Å². The summed E-state index contributed by atoms with van der Waals surface area (Å²) >= 11 is 6.19. The van der Waals surface area contributed by atoms with E-state index in [2.05, 4.69) is 5.32 Å². The predicted octanol–water partition coefficient (Wildman–Crippen LogP) is 1.91. The van der Waals surface area contributed by atoms with Gasteiger partial charge in [0.2, 0.25) is 15.9 Å². The highest BCUT2D eigenvalue weighted by Crippen LogP contribution is 2.43. The van der Waals surface area contributed by atoms with Crippen LogP contribution in [0.25, 0.3) is 0 Å². The summed E-state index contributed by atoms with van der Waals surface area (Å²) in [5, 5.41) is 3.99. The molecule has 9 nitrogen and oxygen atoms in total. The number of anilines is 1. The van der Waals surface area contributed by atoms with Crippen LogP contribution in [0.1, 0.15) is 25.7 Å². The summed E-state index contributed by atoms with van der Waals surface area (Å²) in [6.45, 7) is 1.04. The number of benzene rings is 1. The topological polar surface area (TPSA) is 99.3 Å². The molecule has 11 heteroatoms. The fraction of sp³-hybridized carbons (Fsp3) is 0.652. The summed E-state index contributed by atoms with van der Waals surface area (Å²) in [4.78, 5) is 30.8. The molecule has 0 radical (unpaired) electrons. The van der Waals surface area contributed by atoms with Crippen molar-refractivity contribution < 1.29 is 22.7 Å². The first kappa shape index (κ1) is 24.0. The van der Waals surface area contributed by atoms with E-state index >= 15 is 0 Å². The summed E-state index contributed by atoms with van der Waals surface area (Å²) < 4.78 is 31.6. The molecule has 1 saturated carbocycles. The van der Waals surface area contributed by atoms with Gasteiger partial charge in [-0.15, -0.1) is 0 Å². The third kappa shape index (κ3) is 4.03. The standard InChI is InChI=1S/C23H31ClN4O5S/c1-33-19-8-4-7-17-20(19)25-12-18-21(17)27(16-9-10-26(13-16)34(2,31)32)23(30)28(22(18)29)15-6-3-5-14(24)11-15/h3,5-6,11,16-21,25H,4,7-10,12-13H2,1-2H3/t16-,17?,18?,19?,20?,21?/m1/s1. The quantitative estimate of drug-likeness (QED) is 0.664. The summed E-state index contributed by atoms with van der Waals surface area (Å²) in [6.07, 6.45) is 4.54. The zero-order valence-corrected chi connectivity index (χ0v) is 21.0. The lowest BCUT2D eigenvalue weighted by molar-refractivity contribution is -0.131. The molecule has 1 aromatic carbocycles. The SMILES string of the molecule is COC1CCCC2C1NCC1C(=O)N(c3cccc(Cl)c3)C(=O)N([C@@H]3CCN(S(C)(=O)=O)C3)C12. The predicted molar refractivity (Wildman–Crippen MR) is 128 cm³/mol. The minimum atomic E-state index is -3.37. The zero-order chi connectivity index (χ0) is 24.2. The van der Waals surface area contributed by atoms with Gasteiger partial charge in [0.05, 0.1) is 30.0 Å². The smallest absolute Gasteiger partial charge is 0.331 e. The number of ether oxygens (including phenoxy) is 1. The second kappa shape index (κ2) is 9.05. The number of halogens is 1. The van der Waals surface area contributed by atoms with E-state index in [1.165, 1.54) is 15.5 Å². The van der Waals surface area contributed by atoms with Crippen molar-refractivity contribution in [1.82, 2.24) is 14.5 Å². The van der Waals surface area contributed by atoms with E-state index in [1.807, 2.05) is 4.90 Å². The third-order valence-corrected chi connectivity index (χ3v) is 9.45. The number of rotatable bonds is 4. The maximum Gasteiger partial charge on any atom is 0.331 e. The van der Waals surface area contributed by atoms with E-state index in [9.17, 15) is 18.0 Å². The number of hydrogen-bond donors (Lipinski definition) is 1. The molecule has 34 heavy (non-hydrogen) atoms. The minimum absolute atomic E-state index is 0.0220. The number of amides is 3. The maximum atomic E-state index is 14.0. The monoisotopic (exact) mass is 510 g/mol. The molecule has 0 aromatic heterocycles. The lowest BCUT2D eigenvalue weighted by atomic mass is 9.69. The van der Waals surface area contributed by atoms with Gasteiger partial charge in [-0.1, -0.05) is 24.1 Å². The number of carbonyl (C=O) groups is 2. The van der Waals surface area contributed by atoms with Gasteiger partial charge >= 0.3 is 6.03 Å². The van der Waals surface area contributed by atoms with Crippen LogP contribution in [0, 0.1) is 11.8 Å². The van der Waals surface area contributed by atoms with E-state index < -0.39 is 22.0 Å². The number of fused-ring (bicyclic) bond motifs is 3. The average molecular weight is 511 g/mol. The second-order valence-electron chi connectivity index (χ2n) is 9.81. The Labute approximate surface area is 205 Å². The molecule has 0 spiro atoms. The van der Waals surface area contributed by atoms with Gasteiger partial charge in [-0.25, -0.2) is 22.4 Å². The molecule has 3 saturated heterocycles. The van der Waals surface area contributed by atoms with Crippen LogP contribution in [0.2, 0.25) is 5.02 Å². The Morgan fingerprint density at radius 1 is 1.18 bits per heavy atom. The van der Waals surface area contributed by atoms with E-state index in [0.29, 0.717) is 30.2 Å². The minimum Gasteiger partial charge on any atom is -0.380 e. The van der Waals surface area contributed by atoms with Crippen LogP contribution in [0.4, 0.5) is 10.5 Å². The molecule has 0 bridgehead atoms. The van der Waals surface area contributed by atoms with E-state index in [1.54, 1.807) is 31.4 Å². The van der Waals surface area contributed by atoms with Crippen LogP contribution < -0.4 is 10.2 Å². The third-order valence-electron chi connectivity index (χ3n) is 7.94. The van der Waals surface area contributed by atoms with Crippen LogP contribution in [0.15, 0.2) is 24.3 Å². The number of nitrogens with zero attached hydrogens (tertiary/aromatic N) is 3. The van der Waals surface area contributed by atoms with Crippen molar-refractivity contribution >= 4 is 39.2 Å². The largest absolute Gasteiger partial charge is 0.380 e. The van der Waals surface area contributed by atoms with Crippen molar-refractivity contribution in [3.63, 3.8) is 0 Å². The molecule has 1 aliphatic carbocycles. The van der Waals surface area contributed by atoms with Gasteiger partial charge in [0.25, 0.3) is 0 Å². The molecule has 5 unspecified atom stereocenters.